The maximum atomic E-state index is 13.4. The lowest BCUT2D eigenvalue weighted by atomic mass is 10.1. The highest BCUT2D eigenvalue weighted by Crippen LogP contribution is 2.33. The molecule has 0 atom stereocenters. The molecule has 2 aromatic heterocycles. The van der Waals surface area contributed by atoms with Crippen LogP contribution in [0.5, 0.6) is 0 Å². The van der Waals surface area contributed by atoms with E-state index in [0.717, 1.165) is 47.7 Å². The van der Waals surface area contributed by atoms with Gasteiger partial charge in [0.1, 0.15) is 11.6 Å². The van der Waals surface area contributed by atoms with Crippen molar-refractivity contribution in [3.8, 4) is 22.5 Å². The fraction of sp³-hybridized carbons (Fsp3) is 0.167. The fourth-order valence-corrected chi connectivity index (χ4v) is 3.54. The monoisotopic (exact) mass is 371 g/mol. The summed E-state index contributed by atoms with van der Waals surface area (Å²) in [6.07, 6.45) is 5.61. The number of aryl methyl sites for hydroxylation is 2. The van der Waals surface area contributed by atoms with Gasteiger partial charge in [0.05, 0.1) is 11.4 Å². The van der Waals surface area contributed by atoms with Crippen molar-refractivity contribution >= 4 is 0 Å². The molecule has 0 amide bonds. The molecule has 4 heteroatoms. The normalized spacial score (nSPS) is 10.9. The summed E-state index contributed by atoms with van der Waals surface area (Å²) in [5.74, 6) is 0.715. The predicted molar refractivity (Wildman–Crippen MR) is 110 cm³/mol. The van der Waals surface area contributed by atoms with Gasteiger partial charge in [-0.2, -0.15) is 0 Å². The highest BCUT2D eigenvalue weighted by atomic mass is 19.1. The van der Waals surface area contributed by atoms with Gasteiger partial charge < -0.3 is 4.57 Å². The van der Waals surface area contributed by atoms with Gasteiger partial charge in [-0.05, 0) is 61.7 Å². The molecular weight excluding hydrogens is 349 g/mol. The molecule has 0 aliphatic rings. The van der Waals surface area contributed by atoms with Crippen molar-refractivity contribution in [2.45, 2.75) is 26.3 Å². The van der Waals surface area contributed by atoms with E-state index in [0.29, 0.717) is 0 Å². The fourth-order valence-electron chi connectivity index (χ4n) is 3.54. The first-order valence-corrected chi connectivity index (χ1v) is 9.50. The third-order valence-electron chi connectivity index (χ3n) is 4.92. The van der Waals surface area contributed by atoms with E-state index in [9.17, 15) is 4.39 Å². The number of hydrogen-bond acceptors (Lipinski definition) is 2. The first-order chi connectivity index (χ1) is 13.7. The van der Waals surface area contributed by atoms with Gasteiger partial charge in [-0.1, -0.05) is 30.3 Å². The van der Waals surface area contributed by atoms with Crippen molar-refractivity contribution in [2.75, 3.05) is 0 Å². The predicted octanol–water partition coefficient (Wildman–Crippen LogP) is 5.69. The Labute approximate surface area is 164 Å². The Morgan fingerprint density at radius 1 is 0.857 bits per heavy atom. The zero-order valence-corrected chi connectivity index (χ0v) is 15.8. The van der Waals surface area contributed by atoms with Crippen LogP contribution in [0.3, 0.4) is 0 Å². The van der Waals surface area contributed by atoms with Crippen LogP contribution in [0.2, 0.25) is 0 Å². The molecule has 0 unspecified atom stereocenters. The van der Waals surface area contributed by atoms with Gasteiger partial charge >= 0.3 is 0 Å². The number of nitrogens with zero attached hydrogens (tertiary/aromatic N) is 3. The Morgan fingerprint density at radius 2 is 1.57 bits per heavy atom. The first kappa shape index (κ1) is 18.1. The zero-order chi connectivity index (χ0) is 19.3. The van der Waals surface area contributed by atoms with Crippen LogP contribution in [-0.4, -0.2) is 14.5 Å². The Bertz CT molecular complexity index is 1040. The summed E-state index contributed by atoms with van der Waals surface area (Å²) < 4.78 is 15.7. The van der Waals surface area contributed by atoms with Crippen molar-refractivity contribution < 1.29 is 4.39 Å². The number of aromatic nitrogens is 3. The maximum Gasteiger partial charge on any atom is 0.123 e. The lowest BCUT2D eigenvalue weighted by Crippen LogP contribution is -2.04. The van der Waals surface area contributed by atoms with Crippen LogP contribution >= 0.6 is 0 Å². The second kappa shape index (κ2) is 8.17. The molecule has 2 aromatic carbocycles. The van der Waals surface area contributed by atoms with Gasteiger partial charge in [0.2, 0.25) is 0 Å². The highest BCUT2D eigenvalue weighted by molar-refractivity contribution is 5.78. The Hall–Kier alpha value is -3.27. The largest absolute Gasteiger partial charge is 0.328 e. The summed E-state index contributed by atoms with van der Waals surface area (Å²) in [5, 5.41) is 0. The molecule has 0 spiro atoms. The van der Waals surface area contributed by atoms with Crippen molar-refractivity contribution in [3.63, 3.8) is 0 Å². The van der Waals surface area contributed by atoms with E-state index < -0.39 is 0 Å². The quantitative estimate of drug-likeness (QED) is 0.436. The molecule has 0 N–H and O–H groups in total. The maximum absolute atomic E-state index is 13.4. The number of rotatable bonds is 6. The third-order valence-corrected chi connectivity index (χ3v) is 4.92. The number of imidazole rings is 1. The zero-order valence-electron chi connectivity index (χ0n) is 15.8. The summed E-state index contributed by atoms with van der Waals surface area (Å²) in [7, 11) is 0. The lowest BCUT2D eigenvalue weighted by molar-refractivity contribution is 0.628. The van der Waals surface area contributed by atoms with Crippen LogP contribution < -0.4 is 0 Å². The SMILES string of the molecule is Cc1nc(-c2ccc(F)cc2)c(-c2ccncc2)n1CCCc1ccccc1. The van der Waals surface area contributed by atoms with Crippen LogP contribution in [0, 0.1) is 12.7 Å². The summed E-state index contributed by atoms with van der Waals surface area (Å²) in [5.41, 5.74) is 5.25. The molecule has 0 aliphatic heterocycles. The summed E-state index contributed by atoms with van der Waals surface area (Å²) >= 11 is 0. The number of pyridine rings is 1. The van der Waals surface area contributed by atoms with Gasteiger partial charge in [0.15, 0.2) is 0 Å². The van der Waals surface area contributed by atoms with Crippen LogP contribution in [0.1, 0.15) is 17.8 Å². The Morgan fingerprint density at radius 3 is 2.29 bits per heavy atom. The number of hydrogen-bond donors (Lipinski definition) is 0. The van der Waals surface area contributed by atoms with Crippen LogP contribution in [0.15, 0.2) is 79.1 Å². The van der Waals surface area contributed by atoms with Gasteiger partial charge in [-0.15, -0.1) is 0 Å². The molecule has 28 heavy (non-hydrogen) atoms. The first-order valence-electron chi connectivity index (χ1n) is 9.50. The van der Waals surface area contributed by atoms with Crippen LogP contribution in [0.25, 0.3) is 22.5 Å². The molecule has 0 saturated carbocycles. The Kier molecular flexibility index (Phi) is 5.29. The molecule has 0 saturated heterocycles. The highest BCUT2D eigenvalue weighted by Gasteiger charge is 2.18. The molecule has 2 heterocycles. The van der Waals surface area contributed by atoms with Gasteiger partial charge in [0, 0.05) is 30.1 Å². The summed E-state index contributed by atoms with van der Waals surface area (Å²) in [6.45, 7) is 2.90. The van der Waals surface area contributed by atoms with E-state index in [4.69, 9.17) is 4.98 Å². The van der Waals surface area contributed by atoms with E-state index in [1.807, 2.05) is 25.1 Å². The van der Waals surface area contributed by atoms with E-state index in [1.54, 1.807) is 24.5 Å². The second-order valence-corrected chi connectivity index (χ2v) is 6.84. The minimum absolute atomic E-state index is 0.242. The molecule has 0 aliphatic carbocycles. The molecule has 0 radical (unpaired) electrons. The van der Waals surface area contributed by atoms with E-state index >= 15 is 0 Å². The molecule has 4 aromatic rings. The lowest BCUT2D eigenvalue weighted by Gasteiger charge is -2.12. The number of halogens is 1. The molecule has 0 bridgehead atoms. The third kappa shape index (κ3) is 3.86. The summed E-state index contributed by atoms with van der Waals surface area (Å²) in [6, 6.07) is 21.0. The second-order valence-electron chi connectivity index (χ2n) is 6.84. The molecule has 0 fully saturated rings. The van der Waals surface area contributed by atoms with Crippen LogP contribution in [0.4, 0.5) is 4.39 Å². The minimum atomic E-state index is -0.242. The van der Waals surface area contributed by atoms with Gasteiger partial charge in [0.25, 0.3) is 0 Å². The van der Waals surface area contributed by atoms with Crippen molar-refractivity contribution in [1.29, 1.82) is 0 Å². The average molecular weight is 371 g/mol. The summed E-state index contributed by atoms with van der Waals surface area (Å²) in [4.78, 5) is 8.98. The topological polar surface area (TPSA) is 30.7 Å². The molecule has 140 valence electrons. The molecular formula is C24H22FN3. The van der Waals surface area contributed by atoms with Crippen LogP contribution in [-0.2, 0) is 13.0 Å². The van der Waals surface area contributed by atoms with E-state index in [1.165, 1.54) is 17.7 Å². The minimum Gasteiger partial charge on any atom is -0.328 e. The number of benzene rings is 2. The van der Waals surface area contributed by atoms with Gasteiger partial charge in [-0.3, -0.25) is 4.98 Å². The van der Waals surface area contributed by atoms with Crippen molar-refractivity contribution in [1.82, 2.24) is 14.5 Å². The van der Waals surface area contributed by atoms with E-state index in [2.05, 4.69) is 33.8 Å². The molecule has 4 rings (SSSR count). The molecule has 3 nitrogen and oxygen atoms in total. The van der Waals surface area contributed by atoms with Gasteiger partial charge in [-0.25, -0.2) is 9.37 Å². The van der Waals surface area contributed by atoms with Crippen molar-refractivity contribution in [3.05, 3.63) is 96.3 Å². The average Bonchev–Trinajstić information content (AvgIpc) is 3.06. The van der Waals surface area contributed by atoms with Crippen molar-refractivity contribution in [2.24, 2.45) is 0 Å². The standard InChI is InChI=1S/C24H22FN3/c1-18-27-23(20-9-11-22(25)12-10-20)24(21-13-15-26-16-14-21)28(18)17-5-8-19-6-3-2-4-7-19/h2-4,6-7,9-16H,5,8,17H2,1H3. The smallest absolute Gasteiger partial charge is 0.123 e. The Balaban J connectivity index is 1.70. The van der Waals surface area contributed by atoms with E-state index in [-0.39, 0.29) is 5.82 Å².